The van der Waals surface area contributed by atoms with E-state index in [2.05, 4.69) is 0 Å². The zero-order valence-electron chi connectivity index (χ0n) is 15.3. The van der Waals surface area contributed by atoms with Gasteiger partial charge in [-0.2, -0.15) is 0 Å². The summed E-state index contributed by atoms with van der Waals surface area (Å²) in [5, 5.41) is 0. The summed E-state index contributed by atoms with van der Waals surface area (Å²) in [7, 11) is 3.21. The van der Waals surface area contributed by atoms with Crippen LogP contribution in [0.3, 0.4) is 0 Å². The molecule has 132 valence electrons. The first-order valence-corrected chi connectivity index (χ1v) is 8.07. The molecule has 0 aliphatic heterocycles. The number of ether oxygens (including phenoxy) is 2. The van der Waals surface area contributed by atoms with Crippen LogP contribution in [0, 0.1) is 11.8 Å². The second-order valence-corrected chi connectivity index (χ2v) is 6.86. The highest BCUT2D eigenvalue weighted by Gasteiger charge is 2.49. The molecule has 0 fully saturated rings. The summed E-state index contributed by atoms with van der Waals surface area (Å²) in [6.45, 7) is 7.60. The van der Waals surface area contributed by atoms with Crippen LogP contribution in [-0.4, -0.2) is 31.2 Å². The molecule has 2 rings (SSSR count). The number of Topliss-reactive ketones (excluding diaryl/α,β-unsaturated/α-hetero) is 1. The molecule has 0 radical (unpaired) electrons. The van der Waals surface area contributed by atoms with Gasteiger partial charge in [-0.05, 0) is 51.0 Å². The first kappa shape index (κ1) is 18.5. The highest BCUT2D eigenvalue weighted by molar-refractivity contribution is 5.90. The van der Waals surface area contributed by atoms with Crippen molar-refractivity contribution in [2.24, 2.45) is 23.3 Å². The predicted octanol–water partition coefficient (Wildman–Crippen LogP) is 2.20. The van der Waals surface area contributed by atoms with Crippen molar-refractivity contribution in [2.45, 2.75) is 38.9 Å². The zero-order valence-corrected chi connectivity index (χ0v) is 15.3. The lowest BCUT2D eigenvalue weighted by molar-refractivity contribution is -0.138. The smallest absolute Gasteiger partial charge is 0.153 e. The molecule has 0 heterocycles. The third-order valence-corrected chi connectivity index (χ3v) is 5.94. The first-order chi connectivity index (χ1) is 11.1. The number of rotatable bonds is 4. The molecule has 2 aliphatic carbocycles. The van der Waals surface area contributed by atoms with Crippen LogP contribution in [0.4, 0.5) is 0 Å². The van der Waals surface area contributed by atoms with Crippen molar-refractivity contribution in [1.29, 1.82) is 0 Å². The quantitative estimate of drug-likeness (QED) is 0.824. The number of allylic oxidation sites excluding steroid dienone is 2. The minimum atomic E-state index is -0.779. The van der Waals surface area contributed by atoms with E-state index in [9.17, 15) is 4.79 Å². The lowest BCUT2D eigenvalue weighted by Gasteiger charge is -2.43. The van der Waals surface area contributed by atoms with E-state index in [4.69, 9.17) is 20.9 Å². The largest absolute Gasteiger partial charge is 0.399 e. The molecule has 2 aliphatic rings. The maximum atomic E-state index is 13.4. The number of carbonyl (C=O) groups excluding carboxylic acids is 1. The minimum Gasteiger partial charge on any atom is -0.399 e. The summed E-state index contributed by atoms with van der Waals surface area (Å²) in [6, 6.07) is 0. The van der Waals surface area contributed by atoms with Crippen LogP contribution < -0.4 is 11.5 Å². The highest BCUT2D eigenvalue weighted by Crippen LogP contribution is 2.42. The first-order valence-electron chi connectivity index (χ1n) is 8.07. The Morgan fingerprint density at radius 3 is 1.54 bits per heavy atom. The number of methoxy groups -OCH3 is 2. The predicted molar refractivity (Wildman–Crippen MR) is 94.9 cm³/mol. The molecule has 5 nitrogen and oxygen atoms in total. The van der Waals surface area contributed by atoms with Crippen LogP contribution in [0.1, 0.15) is 27.7 Å². The Morgan fingerprint density at radius 1 is 0.917 bits per heavy atom. The molecule has 0 aromatic heterocycles. The molecule has 24 heavy (non-hydrogen) atoms. The van der Waals surface area contributed by atoms with Crippen LogP contribution >= 0.6 is 0 Å². The Hall–Kier alpha value is -1.85. The average molecular weight is 332 g/mol. The van der Waals surface area contributed by atoms with Crippen molar-refractivity contribution >= 4 is 5.78 Å². The molecule has 4 unspecified atom stereocenters. The molecule has 0 saturated carbocycles. The van der Waals surface area contributed by atoms with E-state index >= 15 is 0 Å². The van der Waals surface area contributed by atoms with Gasteiger partial charge in [0.25, 0.3) is 0 Å². The number of carbonyl (C=O) groups is 1. The molecule has 4 N–H and O–H groups in total. The number of hydrogen-bond acceptors (Lipinski definition) is 5. The molecule has 0 spiro atoms. The number of nitrogens with two attached hydrogens (primary N) is 2. The normalized spacial score (nSPS) is 36.4. The number of ketones is 1. The van der Waals surface area contributed by atoms with Gasteiger partial charge in [0.05, 0.1) is 11.8 Å². The van der Waals surface area contributed by atoms with Gasteiger partial charge in [0, 0.05) is 25.6 Å². The zero-order chi connectivity index (χ0) is 18.3. The molecule has 0 amide bonds. The SMILES string of the molecule is COC1(C)C(C)=C(N)C=CC1C(=O)C1C=CC(N)=C(C)C1(C)OC. The van der Waals surface area contributed by atoms with Gasteiger partial charge in [-0.15, -0.1) is 0 Å². The van der Waals surface area contributed by atoms with E-state index in [0.717, 1.165) is 11.1 Å². The lowest BCUT2D eigenvalue weighted by Crippen LogP contribution is -2.52. The topological polar surface area (TPSA) is 87.6 Å². The van der Waals surface area contributed by atoms with Gasteiger partial charge in [0.15, 0.2) is 5.78 Å². The number of hydrogen-bond donors (Lipinski definition) is 2. The van der Waals surface area contributed by atoms with E-state index in [0.29, 0.717) is 11.4 Å². The van der Waals surface area contributed by atoms with Gasteiger partial charge in [-0.25, -0.2) is 0 Å². The Kier molecular flexibility index (Phi) is 4.79. The maximum absolute atomic E-state index is 13.4. The lowest BCUT2D eigenvalue weighted by atomic mass is 9.68. The maximum Gasteiger partial charge on any atom is 0.153 e. The molecular weight excluding hydrogens is 304 g/mol. The molecule has 0 aromatic rings. The van der Waals surface area contributed by atoms with E-state index < -0.39 is 23.0 Å². The third-order valence-electron chi connectivity index (χ3n) is 5.94. The molecule has 5 heteroatoms. The Bertz CT molecular complexity index is 618. The third kappa shape index (κ3) is 2.52. The second kappa shape index (κ2) is 6.22. The fraction of sp³-hybridized carbons (Fsp3) is 0.526. The van der Waals surface area contributed by atoms with Gasteiger partial charge in [0.1, 0.15) is 11.2 Å². The molecular formula is C19H28N2O3. The van der Waals surface area contributed by atoms with Crippen molar-refractivity contribution in [3.05, 3.63) is 46.8 Å². The minimum absolute atomic E-state index is 0.0231. The Morgan fingerprint density at radius 2 is 1.25 bits per heavy atom. The summed E-state index contributed by atoms with van der Waals surface area (Å²) in [6.07, 6.45) is 7.23. The second-order valence-electron chi connectivity index (χ2n) is 6.86. The van der Waals surface area contributed by atoms with Crippen molar-refractivity contribution < 1.29 is 14.3 Å². The fourth-order valence-electron chi connectivity index (χ4n) is 3.54. The average Bonchev–Trinajstić information content (AvgIpc) is 2.57. The van der Waals surface area contributed by atoms with Crippen LogP contribution in [0.15, 0.2) is 46.8 Å². The van der Waals surface area contributed by atoms with Crippen molar-refractivity contribution in [3.63, 3.8) is 0 Å². The van der Waals surface area contributed by atoms with Crippen LogP contribution in [0.2, 0.25) is 0 Å². The summed E-state index contributed by atoms with van der Waals surface area (Å²) in [5.41, 5.74) is 13.5. The molecule has 4 atom stereocenters. The Labute approximate surface area is 144 Å². The van der Waals surface area contributed by atoms with E-state index in [-0.39, 0.29) is 5.78 Å². The van der Waals surface area contributed by atoms with Crippen LogP contribution in [0.25, 0.3) is 0 Å². The van der Waals surface area contributed by atoms with Gasteiger partial charge in [-0.3, -0.25) is 4.79 Å². The van der Waals surface area contributed by atoms with E-state index in [1.54, 1.807) is 26.4 Å². The van der Waals surface area contributed by atoms with E-state index in [1.807, 2.05) is 39.8 Å². The fourth-order valence-corrected chi connectivity index (χ4v) is 3.54. The van der Waals surface area contributed by atoms with E-state index in [1.165, 1.54) is 0 Å². The van der Waals surface area contributed by atoms with Gasteiger partial charge < -0.3 is 20.9 Å². The molecule has 0 bridgehead atoms. The van der Waals surface area contributed by atoms with Gasteiger partial charge >= 0.3 is 0 Å². The summed E-state index contributed by atoms with van der Waals surface area (Å²) in [4.78, 5) is 13.4. The Balaban J connectivity index is 2.46. The summed E-state index contributed by atoms with van der Waals surface area (Å²) >= 11 is 0. The molecule has 0 saturated heterocycles. The van der Waals surface area contributed by atoms with Gasteiger partial charge in [-0.1, -0.05) is 12.2 Å². The van der Waals surface area contributed by atoms with Gasteiger partial charge in [0.2, 0.25) is 0 Å². The monoisotopic (exact) mass is 332 g/mol. The van der Waals surface area contributed by atoms with Crippen molar-refractivity contribution in [2.75, 3.05) is 14.2 Å². The standard InChI is InChI=1S/C19H28N2O3/c1-11-15(20)9-7-13(18(11,3)23-5)17(22)14-8-10-16(21)12(2)19(14,4)24-6/h7-10,13-14H,20-21H2,1-6H3. The van der Waals surface area contributed by atoms with Crippen molar-refractivity contribution in [1.82, 2.24) is 0 Å². The highest BCUT2D eigenvalue weighted by atomic mass is 16.5. The van der Waals surface area contributed by atoms with Crippen LogP contribution in [-0.2, 0) is 14.3 Å². The van der Waals surface area contributed by atoms with Crippen molar-refractivity contribution in [3.8, 4) is 0 Å². The summed E-state index contributed by atoms with van der Waals surface area (Å²) < 4.78 is 11.4. The summed E-state index contributed by atoms with van der Waals surface area (Å²) in [5.74, 6) is -0.882. The van der Waals surface area contributed by atoms with Crippen LogP contribution in [0.5, 0.6) is 0 Å². The molecule has 0 aromatic carbocycles.